The van der Waals surface area contributed by atoms with Crippen molar-refractivity contribution in [2.24, 2.45) is 0 Å². The van der Waals surface area contributed by atoms with Crippen LogP contribution in [0.25, 0.3) is 0 Å². The molecule has 1 aliphatic heterocycles. The molecular formula is C22H23NO5S. The second-order valence-corrected chi connectivity index (χ2v) is 9.96. The molecule has 0 unspecified atom stereocenters. The van der Waals surface area contributed by atoms with Gasteiger partial charge in [-0.2, -0.15) is 0 Å². The van der Waals surface area contributed by atoms with Crippen LogP contribution in [0.3, 0.4) is 0 Å². The second-order valence-electron chi connectivity index (χ2n) is 7.70. The highest BCUT2D eigenvalue weighted by Crippen LogP contribution is 2.44. The van der Waals surface area contributed by atoms with Crippen LogP contribution < -0.4 is 9.64 Å². The zero-order valence-corrected chi connectivity index (χ0v) is 17.1. The molecule has 7 heteroatoms. The number of hydrogen-bond acceptors (Lipinski definition) is 5. The normalized spacial score (nSPS) is 18.4. The summed E-state index contributed by atoms with van der Waals surface area (Å²) in [5.74, 6) is -0.391. The molecule has 1 saturated carbocycles. The number of carbonyl (C=O) groups is 2. The first-order valence-corrected chi connectivity index (χ1v) is 11.3. The van der Waals surface area contributed by atoms with E-state index >= 15 is 0 Å². The van der Waals surface area contributed by atoms with Crippen LogP contribution in [-0.2, 0) is 19.4 Å². The van der Waals surface area contributed by atoms with Crippen molar-refractivity contribution in [3.8, 4) is 5.75 Å². The van der Waals surface area contributed by atoms with E-state index in [0.29, 0.717) is 19.4 Å². The SMILES string of the molecule is Cc1ccc(S(=O)(=O)C2(C(=O)Oc3ccc(N4CCCC4=O)cc3)CCC2)cc1. The summed E-state index contributed by atoms with van der Waals surface area (Å²) in [6.07, 6.45) is 2.53. The Morgan fingerprint density at radius 3 is 2.17 bits per heavy atom. The van der Waals surface area contributed by atoms with E-state index in [-0.39, 0.29) is 29.4 Å². The minimum absolute atomic E-state index is 0.0763. The van der Waals surface area contributed by atoms with Gasteiger partial charge < -0.3 is 9.64 Å². The Kier molecular flexibility index (Phi) is 4.94. The van der Waals surface area contributed by atoms with E-state index in [9.17, 15) is 18.0 Å². The lowest BCUT2D eigenvalue weighted by atomic mass is 9.84. The smallest absolute Gasteiger partial charge is 0.333 e. The molecule has 2 aliphatic rings. The van der Waals surface area contributed by atoms with Gasteiger partial charge in [-0.05, 0) is 69.0 Å². The summed E-state index contributed by atoms with van der Waals surface area (Å²) in [6.45, 7) is 2.55. The topological polar surface area (TPSA) is 80.8 Å². The number of nitrogens with zero attached hydrogens (tertiary/aromatic N) is 1. The predicted molar refractivity (Wildman–Crippen MR) is 109 cm³/mol. The molecule has 2 aromatic carbocycles. The number of carbonyl (C=O) groups excluding carboxylic acids is 2. The molecule has 4 rings (SSSR count). The fraction of sp³-hybridized carbons (Fsp3) is 0.364. The monoisotopic (exact) mass is 413 g/mol. The van der Waals surface area contributed by atoms with Crippen LogP contribution in [0.4, 0.5) is 5.69 Å². The van der Waals surface area contributed by atoms with Crippen molar-refractivity contribution in [1.82, 2.24) is 0 Å². The molecular weight excluding hydrogens is 390 g/mol. The van der Waals surface area contributed by atoms with Gasteiger partial charge in [-0.15, -0.1) is 0 Å². The summed E-state index contributed by atoms with van der Waals surface area (Å²) >= 11 is 0. The summed E-state index contributed by atoms with van der Waals surface area (Å²) in [5, 5.41) is 0. The van der Waals surface area contributed by atoms with Gasteiger partial charge in [0.2, 0.25) is 5.91 Å². The molecule has 0 atom stereocenters. The molecule has 0 radical (unpaired) electrons. The molecule has 0 bridgehead atoms. The van der Waals surface area contributed by atoms with Crippen molar-refractivity contribution in [3.05, 3.63) is 54.1 Å². The van der Waals surface area contributed by atoms with Crippen molar-refractivity contribution in [3.63, 3.8) is 0 Å². The van der Waals surface area contributed by atoms with E-state index in [2.05, 4.69) is 0 Å². The third-order valence-electron chi connectivity index (χ3n) is 5.81. The summed E-state index contributed by atoms with van der Waals surface area (Å²) in [7, 11) is -3.86. The van der Waals surface area contributed by atoms with E-state index in [1.807, 2.05) is 6.92 Å². The van der Waals surface area contributed by atoms with E-state index in [1.54, 1.807) is 53.4 Å². The summed E-state index contributed by atoms with van der Waals surface area (Å²) in [6, 6.07) is 13.2. The standard InChI is InChI=1S/C22H23NO5S/c1-16-5-11-19(12-6-16)29(26,27)22(13-3-14-22)21(25)28-18-9-7-17(8-10-18)23-15-2-4-20(23)24/h5-12H,2-4,13-15H2,1H3. The van der Waals surface area contributed by atoms with Crippen molar-refractivity contribution in [2.75, 3.05) is 11.4 Å². The molecule has 0 N–H and O–H groups in total. The van der Waals surface area contributed by atoms with Gasteiger partial charge in [0, 0.05) is 18.7 Å². The van der Waals surface area contributed by atoms with Gasteiger partial charge in [-0.1, -0.05) is 17.7 Å². The molecule has 1 amide bonds. The molecule has 2 fully saturated rings. The van der Waals surface area contributed by atoms with Crippen LogP contribution in [0, 0.1) is 6.92 Å². The van der Waals surface area contributed by atoms with E-state index in [1.165, 1.54) is 0 Å². The Balaban J connectivity index is 1.55. The molecule has 0 aromatic heterocycles. The van der Waals surface area contributed by atoms with Crippen molar-refractivity contribution in [2.45, 2.75) is 48.7 Å². The van der Waals surface area contributed by atoms with Crippen LogP contribution in [-0.4, -0.2) is 31.6 Å². The molecule has 2 aromatic rings. The summed E-state index contributed by atoms with van der Waals surface area (Å²) in [5.41, 5.74) is 1.70. The van der Waals surface area contributed by atoms with Gasteiger partial charge in [0.25, 0.3) is 0 Å². The van der Waals surface area contributed by atoms with Crippen LogP contribution in [0.15, 0.2) is 53.4 Å². The van der Waals surface area contributed by atoms with Crippen LogP contribution in [0.5, 0.6) is 5.75 Å². The highest BCUT2D eigenvalue weighted by Gasteiger charge is 2.57. The summed E-state index contributed by atoms with van der Waals surface area (Å²) in [4.78, 5) is 26.6. The van der Waals surface area contributed by atoms with Crippen molar-refractivity contribution >= 4 is 27.4 Å². The lowest BCUT2D eigenvalue weighted by molar-refractivity contribution is -0.139. The molecule has 152 valence electrons. The van der Waals surface area contributed by atoms with E-state index in [4.69, 9.17) is 4.74 Å². The van der Waals surface area contributed by atoms with Crippen LogP contribution in [0.2, 0.25) is 0 Å². The van der Waals surface area contributed by atoms with Gasteiger partial charge in [-0.3, -0.25) is 4.79 Å². The molecule has 0 spiro atoms. The molecule has 1 saturated heterocycles. The zero-order chi connectivity index (χ0) is 20.6. The molecule has 1 aliphatic carbocycles. The maximum atomic E-state index is 13.2. The summed E-state index contributed by atoms with van der Waals surface area (Å²) < 4.78 is 30.3. The molecule has 29 heavy (non-hydrogen) atoms. The van der Waals surface area contributed by atoms with Gasteiger partial charge in [0.1, 0.15) is 5.75 Å². The third-order valence-corrected chi connectivity index (χ3v) is 8.31. The molecule has 1 heterocycles. The number of sulfone groups is 1. The number of benzene rings is 2. The van der Waals surface area contributed by atoms with Crippen LogP contribution in [0.1, 0.15) is 37.7 Å². The number of aryl methyl sites for hydroxylation is 1. The fourth-order valence-corrected chi connectivity index (χ4v) is 5.87. The largest absolute Gasteiger partial charge is 0.425 e. The first-order chi connectivity index (χ1) is 13.8. The Morgan fingerprint density at radius 1 is 1.00 bits per heavy atom. The minimum atomic E-state index is -3.86. The number of esters is 1. The van der Waals surface area contributed by atoms with Gasteiger partial charge in [-0.25, -0.2) is 13.2 Å². The fourth-order valence-electron chi connectivity index (χ4n) is 3.84. The Hall–Kier alpha value is -2.67. The maximum absolute atomic E-state index is 13.2. The van der Waals surface area contributed by atoms with Crippen molar-refractivity contribution in [1.29, 1.82) is 0 Å². The minimum Gasteiger partial charge on any atom is -0.425 e. The lowest BCUT2D eigenvalue weighted by Gasteiger charge is -2.38. The Morgan fingerprint density at radius 2 is 1.66 bits per heavy atom. The molecule has 6 nitrogen and oxygen atoms in total. The quantitative estimate of drug-likeness (QED) is 0.554. The van der Waals surface area contributed by atoms with Crippen molar-refractivity contribution < 1.29 is 22.7 Å². The average Bonchev–Trinajstić information content (AvgIpc) is 3.07. The Bertz CT molecular complexity index is 1040. The first-order valence-electron chi connectivity index (χ1n) is 9.77. The number of ether oxygens (including phenoxy) is 1. The second kappa shape index (κ2) is 7.30. The number of anilines is 1. The maximum Gasteiger partial charge on any atom is 0.333 e. The van der Waals surface area contributed by atoms with E-state index in [0.717, 1.165) is 17.7 Å². The average molecular weight is 413 g/mol. The highest BCUT2D eigenvalue weighted by atomic mass is 32.2. The Labute approximate surface area is 170 Å². The third kappa shape index (κ3) is 3.33. The first kappa shape index (κ1) is 19.6. The highest BCUT2D eigenvalue weighted by molar-refractivity contribution is 7.93. The number of hydrogen-bond donors (Lipinski definition) is 0. The van der Waals surface area contributed by atoms with Gasteiger partial charge in [0.05, 0.1) is 4.90 Å². The number of rotatable bonds is 5. The zero-order valence-electron chi connectivity index (χ0n) is 16.3. The van der Waals surface area contributed by atoms with Crippen LogP contribution >= 0.6 is 0 Å². The van der Waals surface area contributed by atoms with Gasteiger partial charge >= 0.3 is 5.97 Å². The van der Waals surface area contributed by atoms with E-state index < -0.39 is 20.6 Å². The lowest BCUT2D eigenvalue weighted by Crippen LogP contribution is -2.54. The van der Waals surface area contributed by atoms with Gasteiger partial charge in [0.15, 0.2) is 14.6 Å². The predicted octanol–water partition coefficient (Wildman–Crippen LogP) is 3.42. The number of amides is 1.